The second-order valence-corrected chi connectivity index (χ2v) is 11.2. The van der Waals surface area contributed by atoms with E-state index in [1.54, 1.807) is 23.5 Å². The third kappa shape index (κ3) is 7.52. The predicted molar refractivity (Wildman–Crippen MR) is 155 cm³/mol. The molecule has 0 bridgehead atoms. The van der Waals surface area contributed by atoms with E-state index in [2.05, 4.69) is 70.8 Å². The van der Waals surface area contributed by atoms with Crippen LogP contribution in [0, 0.1) is 0 Å². The topological polar surface area (TPSA) is 59.5 Å². The number of aromatic nitrogens is 1. The van der Waals surface area contributed by atoms with Crippen molar-refractivity contribution in [2.75, 3.05) is 23.9 Å². The van der Waals surface area contributed by atoms with Crippen LogP contribution in [-0.2, 0) is 13.1 Å². The fourth-order valence-electron chi connectivity index (χ4n) is 5.24. The van der Waals surface area contributed by atoms with E-state index in [0.29, 0.717) is 6.54 Å². The second-order valence-electron chi connectivity index (χ2n) is 10.3. The number of hydrogen-bond acceptors (Lipinski definition) is 6. The summed E-state index contributed by atoms with van der Waals surface area (Å²) in [7, 11) is 4.13. The molecule has 39 heavy (non-hydrogen) atoms. The van der Waals surface area contributed by atoms with Crippen LogP contribution in [-0.4, -0.2) is 25.0 Å². The first-order valence-electron chi connectivity index (χ1n) is 13.3. The molecular formula is C32H34N3NaO2S. The van der Waals surface area contributed by atoms with Crippen LogP contribution in [0.3, 0.4) is 0 Å². The summed E-state index contributed by atoms with van der Waals surface area (Å²) in [4.78, 5) is 20.2. The average molecular weight is 548 g/mol. The Morgan fingerprint density at radius 2 is 1.44 bits per heavy atom. The quantitative estimate of drug-likeness (QED) is 0.300. The molecule has 0 N–H and O–H groups in total. The number of anilines is 2. The smallest absolute Gasteiger partial charge is 0.545 e. The van der Waals surface area contributed by atoms with Gasteiger partial charge in [0.1, 0.15) is 0 Å². The number of carbonyl (C=O) groups is 1. The summed E-state index contributed by atoms with van der Waals surface area (Å²) < 4.78 is 0. The molecule has 7 heteroatoms. The van der Waals surface area contributed by atoms with Crippen LogP contribution >= 0.6 is 11.3 Å². The average Bonchev–Trinajstić information content (AvgIpc) is 3.45. The van der Waals surface area contributed by atoms with E-state index >= 15 is 0 Å². The number of carbonyl (C=O) groups excluding carboxylic acids is 1. The van der Waals surface area contributed by atoms with Gasteiger partial charge in [-0.15, -0.1) is 11.3 Å². The van der Waals surface area contributed by atoms with Crippen LogP contribution in [0.5, 0.6) is 0 Å². The van der Waals surface area contributed by atoms with E-state index in [9.17, 15) is 9.90 Å². The molecule has 1 aliphatic carbocycles. The van der Waals surface area contributed by atoms with Crippen LogP contribution in [0.15, 0.2) is 78.2 Å². The fourth-order valence-corrected chi connectivity index (χ4v) is 6.04. The van der Waals surface area contributed by atoms with Crippen molar-refractivity contribution in [1.29, 1.82) is 0 Å². The van der Waals surface area contributed by atoms with Gasteiger partial charge in [-0.2, -0.15) is 0 Å². The Bertz CT molecular complexity index is 1350. The molecule has 0 saturated heterocycles. The van der Waals surface area contributed by atoms with Crippen LogP contribution in [0.2, 0.25) is 0 Å². The zero-order valence-corrected chi connectivity index (χ0v) is 25.9. The van der Waals surface area contributed by atoms with Gasteiger partial charge in [-0.25, -0.2) is 4.98 Å². The summed E-state index contributed by atoms with van der Waals surface area (Å²) in [6.45, 7) is 1.52. The summed E-state index contributed by atoms with van der Waals surface area (Å²) in [5.74, 6) is -0.410. The van der Waals surface area contributed by atoms with Crippen LogP contribution in [0.4, 0.5) is 10.8 Å². The SMILES string of the molecule is CN(Cc1ccc(C2CCCCC2)cc1)c1ccc(-c2csc(N(C)Cc3ccc(C(=O)[O-])cc3)n2)cc1.[Na+]. The van der Waals surface area contributed by atoms with Gasteiger partial charge in [0, 0.05) is 43.8 Å². The van der Waals surface area contributed by atoms with E-state index in [4.69, 9.17) is 4.98 Å². The molecule has 1 aliphatic rings. The molecule has 1 aromatic heterocycles. The molecule has 0 spiro atoms. The molecule has 1 fully saturated rings. The van der Waals surface area contributed by atoms with Crippen molar-refractivity contribution in [3.8, 4) is 11.3 Å². The zero-order valence-electron chi connectivity index (χ0n) is 23.1. The van der Waals surface area contributed by atoms with Crippen LogP contribution in [0.25, 0.3) is 11.3 Å². The molecule has 0 atom stereocenters. The first-order chi connectivity index (χ1) is 18.5. The van der Waals surface area contributed by atoms with Crippen molar-refractivity contribution in [3.05, 3.63) is 100 Å². The Morgan fingerprint density at radius 1 is 0.846 bits per heavy atom. The number of hydrogen-bond donors (Lipinski definition) is 0. The van der Waals surface area contributed by atoms with E-state index in [1.165, 1.54) is 48.9 Å². The maximum atomic E-state index is 11.0. The standard InChI is InChI=1S/C32H35N3O2S.Na/c1-34(20-23-8-12-26(13-9-23)25-6-4-3-5-7-25)29-18-16-27(17-19-29)30-22-38-32(33-30)35(2)21-24-10-14-28(15-11-24)31(36)37;/h8-19,22,25H,3-7,20-21H2,1-2H3,(H,36,37);/q;+1/p-1. The van der Waals surface area contributed by atoms with Gasteiger partial charge in [-0.05, 0) is 53.1 Å². The van der Waals surface area contributed by atoms with Crippen molar-refractivity contribution in [2.24, 2.45) is 0 Å². The van der Waals surface area contributed by atoms with Crippen molar-refractivity contribution in [3.63, 3.8) is 0 Å². The van der Waals surface area contributed by atoms with E-state index in [1.807, 2.05) is 19.2 Å². The molecular weight excluding hydrogens is 513 g/mol. The molecule has 196 valence electrons. The summed E-state index contributed by atoms with van der Waals surface area (Å²) in [5.41, 5.74) is 7.27. The third-order valence-electron chi connectivity index (χ3n) is 7.51. The number of carboxylic acids is 1. The van der Waals surface area contributed by atoms with Gasteiger partial charge in [0.2, 0.25) is 0 Å². The number of nitrogens with zero attached hydrogens (tertiary/aromatic N) is 3. The zero-order chi connectivity index (χ0) is 26.5. The van der Waals surface area contributed by atoms with Crippen molar-refractivity contribution in [1.82, 2.24) is 4.98 Å². The summed E-state index contributed by atoms with van der Waals surface area (Å²) in [6.07, 6.45) is 6.80. The minimum atomic E-state index is -1.16. The number of rotatable bonds is 9. The second kappa shape index (κ2) is 13.6. The Kier molecular flexibility index (Phi) is 10.2. The molecule has 0 unspecified atom stereocenters. The first kappa shape index (κ1) is 29.3. The van der Waals surface area contributed by atoms with E-state index in [0.717, 1.165) is 34.4 Å². The van der Waals surface area contributed by atoms with E-state index in [-0.39, 0.29) is 35.1 Å². The first-order valence-corrected chi connectivity index (χ1v) is 14.2. The van der Waals surface area contributed by atoms with E-state index < -0.39 is 5.97 Å². The number of carboxylic acid groups (broad SMARTS) is 1. The van der Waals surface area contributed by atoms with Crippen molar-refractivity contribution >= 4 is 28.1 Å². The van der Waals surface area contributed by atoms with Gasteiger partial charge in [-0.1, -0.05) is 79.9 Å². The van der Waals surface area contributed by atoms with Crippen molar-refractivity contribution in [2.45, 2.75) is 51.1 Å². The number of thiazole rings is 1. The Balaban J connectivity index is 0.00000353. The summed E-state index contributed by atoms with van der Waals surface area (Å²) >= 11 is 1.60. The molecule has 4 aromatic rings. The Morgan fingerprint density at radius 3 is 2.05 bits per heavy atom. The third-order valence-corrected chi connectivity index (χ3v) is 8.46. The molecule has 1 saturated carbocycles. The largest absolute Gasteiger partial charge is 1.00 e. The van der Waals surface area contributed by atoms with Crippen molar-refractivity contribution < 1.29 is 39.5 Å². The maximum absolute atomic E-state index is 11.0. The van der Waals surface area contributed by atoms with Crippen LogP contribution < -0.4 is 44.5 Å². The number of aromatic carboxylic acids is 1. The minimum absolute atomic E-state index is 0. The monoisotopic (exact) mass is 547 g/mol. The van der Waals surface area contributed by atoms with Gasteiger partial charge in [-0.3, -0.25) is 0 Å². The normalized spacial score (nSPS) is 13.5. The molecule has 1 heterocycles. The maximum Gasteiger partial charge on any atom is 1.00 e. The van der Waals surface area contributed by atoms with Crippen LogP contribution in [0.1, 0.15) is 65.1 Å². The molecule has 5 nitrogen and oxygen atoms in total. The summed E-state index contributed by atoms with van der Waals surface area (Å²) in [6, 6.07) is 24.6. The van der Waals surface area contributed by atoms with Gasteiger partial charge >= 0.3 is 29.6 Å². The van der Waals surface area contributed by atoms with Gasteiger partial charge < -0.3 is 19.7 Å². The van der Waals surface area contributed by atoms with Gasteiger partial charge in [0.05, 0.1) is 11.7 Å². The Labute approximate surface area is 257 Å². The number of benzene rings is 3. The summed E-state index contributed by atoms with van der Waals surface area (Å²) in [5, 5.41) is 14.0. The molecule has 3 aromatic carbocycles. The molecule has 0 radical (unpaired) electrons. The van der Waals surface area contributed by atoms with Gasteiger partial charge in [0.25, 0.3) is 0 Å². The Hall–Kier alpha value is -2.64. The minimum Gasteiger partial charge on any atom is -0.545 e. The molecule has 5 rings (SSSR count). The molecule has 0 amide bonds. The van der Waals surface area contributed by atoms with Gasteiger partial charge in [0.15, 0.2) is 5.13 Å². The fraction of sp³-hybridized carbons (Fsp3) is 0.312. The predicted octanol–water partition coefficient (Wildman–Crippen LogP) is 3.50. The molecule has 0 aliphatic heterocycles.